The number of nitrogens with zero attached hydrogens (tertiary/aromatic N) is 2. The number of esters is 1. The Morgan fingerprint density at radius 3 is 2.23 bits per heavy atom. The molecule has 3 aromatic carbocycles. The van der Waals surface area contributed by atoms with Crippen molar-refractivity contribution in [3.8, 4) is 0 Å². The summed E-state index contributed by atoms with van der Waals surface area (Å²) in [6.45, 7) is 2.90. The first-order valence-corrected chi connectivity index (χ1v) is 13.4. The monoisotopic (exact) mass is 494 g/mol. The van der Waals surface area contributed by atoms with Crippen LogP contribution in [0.25, 0.3) is 10.8 Å². The number of anilines is 1. The summed E-state index contributed by atoms with van der Waals surface area (Å²) in [5.74, 6) is -1.01. The molecule has 0 aliphatic carbocycles. The maximum absolute atomic E-state index is 12.9. The van der Waals surface area contributed by atoms with E-state index in [0.717, 1.165) is 42.1 Å². The number of ether oxygens (including phenoxy) is 1. The topological polar surface area (TPSA) is 84.0 Å². The Morgan fingerprint density at radius 2 is 1.54 bits per heavy atom. The van der Waals surface area contributed by atoms with E-state index in [1.165, 1.54) is 28.6 Å². The summed E-state index contributed by atoms with van der Waals surface area (Å²) in [6, 6.07) is 19.2. The highest BCUT2D eigenvalue weighted by atomic mass is 32.2. The largest absolute Gasteiger partial charge is 0.452 e. The van der Waals surface area contributed by atoms with E-state index in [-0.39, 0.29) is 16.4 Å². The molecule has 0 aromatic heterocycles. The number of carbonyl (C=O) groups excluding carboxylic acids is 2. The summed E-state index contributed by atoms with van der Waals surface area (Å²) in [4.78, 5) is 27.2. The van der Waals surface area contributed by atoms with E-state index >= 15 is 0 Å². The Bertz CT molecular complexity index is 1290. The lowest BCUT2D eigenvalue weighted by atomic mass is 10.1. The zero-order valence-electron chi connectivity index (χ0n) is 19.9. The first kappa shape index (κ1) is 24.9. The van der Waals surface area contributed by atoms with Gasteiger partial charge in [-0.25, -0.2) is 13.2 Å². The second kappa shape index (κ2) is 11.0. The van der Waals surface area contributed by atoms with Crippen LogP contribution in [-0.4, -0.2) is 50.8 Å². The predicted molar refractivity (Wildman–Crippen MR) is 136 cm³/mol. The van der Waals surface area contributed by atoms with Gasteiger partial charge in [0.05, 0.1) is 16.1 Å². The Labute approximate surface area is 206 Å². The van der Waals surface area contributed by atoms with Crippen molar-refractivity contribution in [2.45, 2.75) is 37.5 Å². The Morgan fingerprint density at radius 1 is 0.886 bits per heavy atom. The number of hydrogen-bond donors (Lipinski definition) is 0. The number of sulfonamides is 1. The minimum atomic E-state index is -3.60. The minimum Gasteiger partial charge on any atom is -0.452 e. The molecule has 1 fully saturated rings. The van der Waals surface area contributed by atoms with Crippen molar-refractivity contribution in [1.82, 2.24) is 4.31 Å². The first-order chi connectivity index (χ1) is 16.9. The molecular formula is C27H30N2O5S. The van der Waals surface area contributed by atoms with Crippen molar-refractivity contribution in [1.29, 1.82) is 0 Å². The van der Waals surface area contributed by atoms with Gasteiger partial charge in [-0.1, -0.05) is 49.2 Å². The highest BCUT2D eigenvalue weighted by Crippen LogP contribution is 2.27. The fraction of sp³-hybridized carbons (Fsp3) is 0.333. The molecule has 0 N–H and O–H groups in total. The van der Waals surface area contributed by atoms with Crippen molar-refractivity contribution in [2.75, 3.05) is 31.1 Å². The molecule has 0 unspecified atom stereocenters. The van der Waals surface area contributed by atoms with Gasteiger partial charge in [-0.3, -0.25) is 4.79 Å². The van der Waals surface area contributed by atoms with Gasteiger partial charge >= 0.3 is 5.97 Å². The lowest BCUT2D eigenvalue weighted by Gasteiger charge is -2.22. The maximum atomic E-state index is 12.9. The van der Waals surface area contributed by atoms with Gasteiger partial charge in [0, 0.05) is 25.0 Å². The Kier molecular flexibility index (Phi) is 7.83. The fourth-order valence-electron chi connectivity index (χ4n) is 4.41. The zero-order valence-corrected chi connectivity index (χ0v) is 20.7. The number of hydrogen-bond acceptors (Lipinski definition) is 5. The van der Waals surface area contributed by atoms with Gasteiger partial charge in [-0.2, -0.15) is 4.31 Å². The van der Waals surface area contributed by atoms with Crippen molar-refractivity contribution >= 4 is 38.4 Å². The van der Waals surface area contributed by atoms with Gasteiger partial charge < -0.3 is 9.64 Å². The highest BCUT2D eigenvalue weighted by Gasteiger charge is 2.25. The van der Waals surface area contributed by atoms with E-state index in [2.05, 4.69) is 0 Å². The second-order valence-electron chi connectivity index (χ2n) is 8.56. The van der Waals surface area contributed by atoms with Gasteiger partial charge in [-0.05, 0) is 55.5 Å². The molecule has 1 aliphatic rings. The molecule has 0 radical (unpaired) electrons. The number of carbonyl (C=O) groups is 2. The van der Waals surface area contributed by atoms with Crippen LogP contribution in [0.15, 0.2) is 71.6 Å². The summed E-state index contributed by atoms with van der Waals surface area (Å²) in [5.41, 5.74) is 0.954. The third-order valence-electron chi connectivity index (χ3n) is 6.29. The number of likely N-dealkylation sites (N-methyl/N-ethyl adjacent to an activating group) is 1. The fourth-order valence-corrected chi connectivity index (χ4v) is 5.92. The summed E-state index contributed by atoms with van der Waals surface area (Å²) < 4.78 is 32.7. The van der Waals surface area contributed by atoms with Crippen LogP contribution in [-0.2, 0) is 19.6 Å². The van der Waals surface area contributed by atoms with E-state index < -0.39 is 22.6 Å². The van der Waals surface area contributed by atoms with Gasteiger partial charge in [-0.15, -0.1) is 0 Å². The molecule has 4 rings (SSSR count). The summed E-state index contributed by atoms with van der Waals surface area (Å²) >= 11 is 0. The van der Waals surface area contributed by atoms with E-state index in [0.29, 0.717) is 19.6 Å². The van der Waals surface area contributed by atoms with Crippen molar-refractivity contribution in [3.63, 3.8) is 0 Å². The third kappa shape index (κ3) is 5.55. The van der Waals surface area contributed by atoms with Crippen LogP contribution < -0.4 is 4.90 Å². The highest BCUT2D eigenvalue weighted by molar-refractivity contribution is 7.89. The molecule has 1 amide bonds. The molecule has 1 saturated heterocycles. The molecular weight excluding hydrogens is 464 g/mol. The number of fused-ring (bicyclic) bond motifs is 1. The number of amides is 1. The standard InChI is InChI=1S/C27H30N2O5S/c1-2-29(25-13-9-11-21-10-5-6-12-24(21)25)26(30)20-34-27(31)22-14-16-23(17-15-22)35(32,33)28-18-7-3-4-8-19-28/h5-6,9-17H,2-4,7-8,18-20H2,1H3. The molecule has 7 nitrogen and oxygen atoms in total. The molecule has 1 heterocycles. The second-order valence-corrected chi connectivity index (χ2v) is 10.5. The number of rotatable bonds is 7. The van der Waals surface area contributed by atoms with Crippen LogP contribution in [0.4, 0.5) is 5.69 Å². The SMILES string of the molecule is CCN(C(=O)COC(=O)c1ccc(S(=O)(=O)N2CCCCCC2)cc1)c1cccc2ccccc12. The van der Waals surface area contributed by atoms with Crippen molar-refractivity contribution in [2.24, 2.45) is 0 Å². The quantitative estimate of drug-likeness (QED) is 0.448. The van der Waals surface area contributed by atoms with E-state index in [1.54, 1.807) is 4.90 Å². The van der Waals surface area contributed by atoms with Crippen LogP contribution in [0.2, 0.25) is 0 Å². The average Bonchev–Trinajstić information content (AvgIpc) is 3.18. The normalized spacial score (nSPS) is 14.9. The van der Waals surface area contributed by atoms with Crippen LogP contribution >= 0.6 is 0 Å². The van der Waals surface area contributed by atoms with Crippen molar-refractivity contribution < 1.29 is 22.7 Å². The molecule has 0 spiro atoms. The van der Waals surface area contributed by atoms with Crippen LogP contribution in [0.1, 0.15) is 43.0 Å². The smallest absolute Gasteiger partial charge is 0.338 e. The number of benzene rings is 3. The Hall–Kier alpha value is -3.23. The molecule has 184 valence electrons. The lowest BCUT2D eigenvalue weighted by molar-refractivity contribution is -0.121. The van der Waals surface area contributed by atoms with E-state index in [9.17, 15) is 18.0 Å². The maximum Gasteiger partial charge on any atom is 0.338 e. The summed E-state index contributed by atoms with van der Waals surface area (Å²) in [5, 5.41) is 1.96. The minimum absolute atomic E-state index is 0.153. The average molecular weight is 495 g/mol. The van der Waals surface area contributed by atoms with Gasteiger partial charge in [0.15, 0.2) is 6.61 Å². The van der Waals surface area contributed by atoms with Crippen LogP contribution in [0.5, 0.6) is 0 Å². The van der Waals surface area contributed by atoms with E-state index in [4.69, 9.17) is 4.74 Å². The molecule has 0 atom stereocenters. The van der Waals surface area contributed by atoms with Gasteiger partial charge in [0.2, 0.25) is 10.0 Å². The molecule has 35 heavy (non-hydrogen) atoms. The first-order valence-electron chi connectivity index (χ1n) is 12.0. The van der Waals surface area contributed by atoms with Crippen LogP contribution in [0.3, 0.4) is 0 Å². The Balaban J connectivity index is 1.42. The summed E-state index contributed by atoms with van der Waals surface area (Å²) in [6.07, 6.45) is 3.77. The van der Waals surface area contributed by atoms with Gasteiger partial charge in [0.1, 0.15) is 0 Å². The summed E-state index contributed by atoms with van der Waals surface area (Å²) in [7, 11) is -3.60. The molecule has 0 saturated carbocycles. The van der Waals surface area contributed by atoms with Crippen molar-refractivity contribution in [3.05, 3.63) is 72.3 Å². The molecule has 3 aromatic rings. The van der Waals surface area contributed by atoms with E-state index in [1.807, 2.05) is 49.4 Å². The van der Waals surface area contributed by atoms with Crippen LogP contribution in [0, 0.1) is 0 Å². The molecule has 0 bridgehead atoms. The molecule has 8 heteroatoms. The molecule has 1 aliphatic heterocycles. The van der Waals surface area contributed by atoms with Gasteiger partial charge in [0.25, 0.3) is 5.91 Å². The lowest BCUT2D eigenvalue weighted by Crippen LogP contribution is -2.34. The predicted octanol–water partition coefficient (Wildman–Crippen LogP) is 4.61. The third-order valence-corrected chi connectivity index (χ3v) is 8.21. The zero-order chi connectivity index (χ0) is 24.8.